The van der Waals surface area contributed by atoms with Gasteiger partial charge < -0.3 is 10.4 Å². The number of nitrogens with one attached hydrogen (secondary N) is 1. The van der Waals surface area contributed by atoms with Crippen LogP contribution in [0.2, 0.25) is 0 Å². The molecule has 0 aliphatic rings. The zero-order valence-corrected chi connectivity index (χ0v) is 14.2. The van der Waals surface area contributed by atoms with Gasteiger partial charge in [0.2, 0.25) is 5.91 Å². The van der Waals surface area contributed by atoms with Crippen molar-refractivity contribution in [1.29, 1.82) is 0 Å². The van der Waals surface area contributed by atoms with Crippen LogP contribution < -0.4 is 5.32 Å². The zero-order chi connectivity index (χ0) is 16.5. The maximum absolute atomic E-state index is 11.8. The fourth-order valence-corrected chi connectivity index (χ4v) is 2.99. The van der Waals surface area contributed by atoms with Crippen LogP contribution in [0.4, 0.5) is 0 Å². The SMILES string of the molecule is Cc1ccc(SCCC(=O)NCCc2ccc(CO)cc2)cc1. The molecule has 2 aromatic rings. The topological polar surface area (TPSA) is 49.3 Å². The molecule has 4 heteroatoms. The van der Waals surface area contributed by atoms with E-state index in [1.54, 1.807) is 11.8 Å². The summed E-state index contributed by atoms with van der Waals surface area (Å²) in [6.07, 6.45) is 1.34. The second kappa shape index (κ2) is 9.38. The molecule has 0 bridgehead atoms. The monoisotopic (exact) mass is 329 g/mol. The largest absolute Gasteiger partial charge is 0.392 e. The summed E-state index contributed by atoms with van der Waals surface area (Å²) < 4.78 is 0. The molecular weight excluding hydrogens is 306 g/mol. The number of benzene rings is 2. The zero-order valence-electron chi connectivity index (χ0n) is 13.4. The molecule has 0 aromatic heterocycles. The highest BCUT2D eigenvalue weighted by Crippen LogP contribution is 2.18. The third-order valence-electron chi connectivity index (χ3n) is 3.56. The van der Waals surface area contributed by atoms with Gasteiger partial charge in [-0.2, -0.15) is 0 Å². The molecule has 2 N–H and O–H groups in total. The molecule has 0 spiro atoms. The van der Waals surface area contributed by atoms with Crippen molar-refractivity contribution in [2.75, 3.05) is 12.3 Å². The molecule has 0 unspecified atom stereocenters. The molecule has 23 heavy (non-hydrogen) atoms. The van der Waals surface area contributed by atoms with Gasteiger partial charge in [0.15, 0.2) is 0 Å². The van der Waals surface area contributed by atoms with Gasteiger partial charge in [-0.1, -0.05) is 42.0 Å². The van der Waals surface area contributed by atoms with Gasteiger partial charge in [-0.25, -0.2) is 0 Å². The summed E-state index contributed by atoms with van der Waals surface area (Å²) in [5.41, 5.74) is 3.32. The molecule has 2 rings (SSSR count). The Morgan fingerprint density at radius 3 is 2.35 bits per heavy atom. The third-order valence-corrected chi connectivity index (χ3v) is 4.57. The Morgan fingerprint density at radius 1 is 1.04 bits per heavy atom. The van der Waals surface area contributed by atoms with Gasteiger partial charge in [0.05, 0.1) is 6.61 Å². The number of carbonyl (C=O) groups excluding carboxylic acids is 1. The molecule has 0 atom stereocenters. The van der Waals surface area contributed by atoms with Crippen molar-refractivity contribution in [2.45, 2.75) is 31.3 Å². The van der Waals surface area contributed by atoms with Gasteiger partial charge >= 0.3 is 0 Å². The van der Waals surface area contributed by atoms with E-state index in [-0.39, 0.29) is 12.5 Å². The van der Waals surface area contributed by atoms with E-state index in [4.69, 9.17) is 5.11 Å². The van der Waals surface area contributed by atoms with E-state index in [9.17, 15) is 4.79 Å². The molecule has 0 radical (unpaired) electrons. The minimum Gasteiger partial charge on any atom is -0.392 e. The maximum Gasteiger partial charge on any atom is 0.220 e. The van der Waals surface area contributed by atoms with E-state index in [0.29, 0.717) is 13.0 Å². The standard InChI is InChI=1S/C19H23NO2S/c1-15-2-8-18(9-3-15)23-13-11-19(22)20-12-10-16-4-6-17(14-21)7-5-16/h2-9,21H,10-14H2,1H3,(H,20,22). The lowest BCUT2D eigenvalue weighted by Gasteiger charge is -2.06. The van der Waals surface area contributed by atoms with Crippen molar-refractivity contribution in [1.82, 2.24) is 5.32 Å². The van der Waals surface area contributed by atoms with Crippen LogP contribution in [0.15, 0.2) is 53.4 Å². The van der Waals surface area contributed by atoms with Crippen molar-refractivity contribution in [3.05, 3.63) is 65.2 Å². The van der Waals surface area contributed by atoms with Crippen molar-refractivity contribution < 1.29 is 9.90 Å². The van der Waals surface area contributed by atoms with Crippen LogP contribution >= 0.6 is 11.8 Å². The summed E-state index contributed by atoms with van der Waals surface area (Å²) in [4.78, 5) is 13.0. The molecule has 0 saturated carbocycles. The minimum atomic E-state index is 0.0651. The Kier molecular flexibility index (Phi) is 7.17. The number of hydrogen-bond acceptors (Lipinski definition) is 3. The van der Waals surface area contributed by atoms with Crippen LogP contribution in [0.1, 0.15) is 23.1 Å². The van der Waals surface area contributed by atoms with Gasteiger partial charge in [0.1, 0.15) is 0 Å². The summed E-state index contributed by atoms with van der Waals surface area (Å²) in [5.74, 6) is 0.886. The second-order valence-corrected chi connectivity index (χ2v) is 6.65. The molecule has 0 aliphatic heterocycles. The minimum absolute atomic E-state index is 0.0651. The molecule has 0 saturated heterocycles. The van der Waals surface area contributed by atoms with E-state index in [1.165, 1.54) is 10.5 Å². The maximum atomic E-state index is 11.8. The molecule has 2 aromatic carbocycles. The van der Waals surface area contributed by atoms with Gasteiger partial charge in [0, 0.05) is 23.6 Å². The fraction of sp³-hybridized carbons (Fsp3) is 0.316. The van der Waals surface area contributed by atoms with Gasteiger partial charge in [0.25, 0.3) is 0 Å². The number of thioether (sulfide) groups is 1. The second-order valence-electron chi connectivity index (χ2n) is 5.49. The average molecular weight is 329 g/mol. The fourth-order valence-electron chi connectivity index (χ4n) is 2.14. The van der Waals surface area contributed by atoms with E-state index >= 15 is 0 Å². The van der Waals surface area contributed by atoms with Gasteiger partial charge in [-0.3, -0.25) is 4.79 Å². The summed E-state index contributed by atoms with van der Waals surface area (Å²) in [6, 6.07) is 16.2. The van der Waals surface area contributed by atoms with Crippen molar-refractivity contribution in [3.63, 3.8) is 0 Å². The summed E-state index contributed by atoms with van der Waals surface area (Å²) >= 11 is 1.71. The molecule has 122 valence electrons. The lowest BCUT2D eigenvalue weighted by molar-refractivity contribution is -0.120. The number of hydrogen-bond donors (Lipinski definition) is 2. The lowest BCUT2D eigenvalue weighted by atomic mass is 10.1. The molecule has 1 amide bonds. The summed E-state index contributed by atoms with van der Waals surface area (Å²) in [7, 11) is 0. The van der Waals surface area contributed by atoms with Crippen LogP contribution in [0.25, 0.3) is 0 Å². The van der Waals surface area contributed by atoms with E-state index in [1.807, 2.05) is 24.3 Å². The van der Waals surface area contributed by atoms with E-state index < -0.39 is 0 Å². The number of aliphatic hydroxyl groups excluding tert-OH is 1. The summed E-state index contributed by atoms with van der Waals surface area (Å²) in [5, 5.41) is 12.0. The van der Waals surface area contributed by atoms with Crippen LogP contribution in [-0.2, 0) is 17.8 Å². The van der Waals surface area contributed by atoms with Crippen molar-refractivity contribution >= 4 is 17.7 Å². The van der Waals surface area contributed by atoms with E-state index in [2.05, 4.69) is 36.5 Å². The normalized spacial score (nSPS) is 10.5. The Balaban J connectivity index is 1.62. The quantitative estimate of drug-likeness (QED) is 0.730. The highest BCUT2D eigenvalue weighted by molar-refractivity contribution is 7.99. The van der Waals surface area contributed by atoms with Gasteiger partial charge in [-0.15, -0.1) is 11.8 Å². The predicted molar refractivity (Wildman–Crippen MR) is 95.6 cm³/mol. The molecular formula is C19H23NO2S. The number of aliphatic hydroxyl groups is 1. The first kappa shape index (κ1) is 17.6. The van der Waals surface area contributed by atoms with Gasteiger partial charge in [-0.05, 0) is 36.6 Å². The molecule has 0 fully saturated rings. The van der Waals surface area contributed by atoms with Crippen LogP contribution in [-0.4, -0.2) is 23.3 Å². The number of aryl methyl sites for hydroxylation is 1. The molecule has 0 aliphatic carbocycles. The number of rotatable bonds is 8. The van der Waals surface area contributed by atoms with Crippen molar-refractivity contribution in [3.8, 4) is 0 Å². The summed E-state index contributed by atoms with van der Waals surface area (Å²) in [6.45, 7) is 2.78. The Labute approximate surface area is 142 Å². The third kappa shape index (κ3) is 6.47. The van der Waals surface area contributed by atoms with Crippen LogP contribution in [0.3, 0.4) is 0 Å². The Morgan fingerprint density at radius 2 is 1.70 bits per heavy atom. The number of amides is 1. The average Bonchev–Trinajstić information content (AvgIpc) is 2.57. The molecule has 0 heterocycles. The lowest BCUT2D eigenvalue weighted by Crippen LogP contribution is -2.25. The Hall–Kier alpha value is -1.78. The first-order chi connectivity index (χ1) is 11.2. The van der Waals surface area contributed by atoms with E-state index in [0.717, 1.165) is 23.3 Å². The Bertz CT molecular complexity index is 608. The first-order valence-corrected chi connectivity index (χ1v) is 8.81. The first-order valence-electron chi connectivity index (χ1n) is 7.82. The van der Waals surface area contributed by atoms with Crippen molar-refractivity contribution in [2.24, 2.45) is 0 Å². The number of carbonyl (C=O) groups is 1. The predicted octanol–water partition coefficient (Wildman–Crippen LogP) is 3.33. The highest BCUT2D eigenvalue weighted by atomic mass is 32.2. The molecule has 3 nitrogen and oxygen atoms in total. The highest BCUT2D eigenvalue weighted by Gasteiger charge is 2.02. The van der Waals surface area contributed by atoms with Crippen LogP contribution in [0.5, 0.6) is 0 Å². The smallest absolute Gasteiger partial charge is 0.220 e. The van der Waals surface area contributed by atoms with Crippen LogP contribution in [0, 0.1) is 6.92 Å².